The Morgan fingerprint density at radius 3 is 1.91 bits per heavy atom. The van der Waals surface area contributed by atoms with Gasteiger partial charge in [0.05, 0.1) is 0 Å². The van der Waals surface area contributed by atoms with E-state index in [0.29, 0.717) is 31.2 Å². The van der Waals surface area contributed by atoms with Gasteiger partial charge in [0.15, 0.2) is 0 Å². The van der Waals surface area contributed by atoms with Gasteiger partial charge in [-0.2, -0.15) is 0 Å². The van der Waals surface area contributed by atoms with E-state index in [0.717, 1.165) is 0 Å². The SMILES string of the molecule is Br.C=CCCO.C=CCCOCC[C@H](NC(=O)OC(C)(C)C)C(=O)O.N[C@@H](CCBr)C(=O)O. The number of alkyl carbamates (subject to hydrolysis) is 1. The van der Waals surface area contributed by atoms with E-state index in [1.54, 1.807) is 32.9 Å². The highest BCUT2D eigenvalue weighted by Crippen LogP contribution is 2.07. The Balaban J connectivity index is -0.000000248. The van der Waals surface area contributed by atoms with E-state index in [4.69, 9.17) is 30.5 Å². The highest BCUT2D eigenvalue weighted by atomic mass is 79.9. The number of rotatable bonds is 13. The van der Waals surface area contributed by atoms with Gasteiger partial charge in [0.25, 0.3) is 0 Å². The minimum Gasteiger partial charge on any atom is -0.480 e. The minimum absolute atomic E-state index is 0. The number of halogens is 2. The molecule has 0 unspecified atom stereocenters. The largest absolute Gasteiger partial charge is 0.480 e. The highest BCUT2D eigenvalue weighted by Gasteiger charge is 2.23. The van der Waals surface area contributed by atoms with Crippen LogP contribution in [0.2, 0.25) is 0 Å². The smallest absolute Gasteiger partial charge is 0.408 e. The lowest BCUT2D eigenvalue weighted by molar-refractivity contribution is -0.140. The molecule has 2 atom stereocenters. The maximum Gasteiger partial charge on any atom is 0.408 e. The lowest BCUT2D eigenvalue weighted by Gasteiger charge is -2.21. The van der Waals surface area contributed by atoms with Crippen molar-refractivity contribution in [2.45, 2.75) is 64.1 Å². The first kappa shape index (κ1) is 38.8. The van der Waals surface area contributed by atoms with Crippen molar-refractivity contribution < 1.29 is 39.2 Å². The Bertz CT molecular complexity index is 543. The van der Waals surface area contributed by atoms with Gasteiger partial charge in [-0.15, -0.1) is 30.1 Å². The number of nitrogens with two attached hydrogens (primary N) is 1. The summed E-state index contributed by atoms with van der Waals surface area (Å²) in [6.45, 7) is 13.0. The number of carbonyl (C=O) groups excluding carboxylic acids is 1. The van der Waals surface area contributed by atoms with Crippen molar-refractivity contribution in [3.63, 3.8) is 0 Å². The fourth-order valence-electron chi connectivity index (χ4n) is 1.51. The van der Waals surface area contributed by atoms with Gasteiger partial charge in [-0.25, -0.2) is 9.59 Å². The predicted molar refractivity (Wildman–Crippen MR) is 137 cm³/mol. The first-order chi connectivity index (χ1) is 14.9. The Labute approximate surface area is 215 Å². The minimum atomic E-state index is -1.11. The Morgan fingerprint density at radius 1 is 1.06 bits per heavy atom. The molecule has 6 N–H and O–H groups in total. The molecule has 0 aromatic rings. The number of aliphatic hydroxyl groups excluding tert-OH is 1. The first-order valence-electron chi connectivity index (χ1n) is 10.0. The number of hydrogen-bond donors (Lipinski definition) is 5. The molecule has 0 saturated heterocycles. The molecule has 12 heteroatoms. The van der Waals surface area contributed by atoms with Gasteiger partial charge in [0, 0.05) is 31.6 Å². The van der Waals surface area contributed by atoms with Crippen molar-refractivity contribution in [2.75, 3.05) is 25.2 Å². The van der Waals surface area contributed by atoms with Crippen LogP contribution in [0.4, 0.5) is 4.79 Å². The average molecular weight is 608 g/mol. The quantitative estimate of drug-likeness (QED) is 0.120. The number of carboxylic acid groups (broad SMARTS) is 2. The molecule has 1 amide bonds. The zero-order valence-corrected chi connectivity index (χ0v) is 22.9. The van der Waals surface area contributed by atoms with Gasteiger partial charge in [-0.05, 0) is 40.0 Å². The van der Waals surface area contributed by atoms with E-state index in [1.165, 1.54) is 0 Å². The van der Waals surface area contributed by atoms with E-state index in [2.05, 4.69) is 34.4 Å². The van der Waals surface area contributed by atoms with Crippen LogP contribution in [-0.2, 0) is 19.1 Å². The van der Waals surface area contributed by atoms with E-state index in [-0.39, 0.29) is 36.6 Å². The van der Waals surface area contributed by atoms with Crippen molar-refractivity contribution in [3.8, 4) is 0 Å². The number of carbonyl (C=O) groups is 3. The molecule has 0 fully saturated rings. The molecule has 0 aromatic carbocycles. The third-order valence-corrected chi connectivity index (χ3v) is 3.53. The average Bonchev–Trinajstić information content (AvgIpc) is 2.67. The van der Waals surface area contributed by atoms with Crippen LogP contribution in [0, 0.1) is 0 Å². The molecule has 196 valence electrons. The van der Waals surface area contributed by atoms with Crippen molar-refractivity contribution in [3.05, 3.63) is 25.3 Å². The maximum atomic E-state index is 11.5. The van der Waals surface area contributed by atoms with Crippen LogP contribution in [0.5, 0.6) is 0 Å². The third kappa shape index (κ3) is 32.8. The molecular weight excluding hydrogens is 568 g/mol. The second-order valence-corrected chi connectivity index (χ2v) is 8.03. The van der Waals surface area contributed by atoms with E-state index in [9.17, 15) is 14.4 Å². The van der Waals surface area contributed by atoms with Gasteiger partial charge in [-0.1, -0.05) is 28.1 Å². The van der Waals surface area contributed by atoms with Crippen LogP contribution in [0.15, 0.2) is 25.3 Å². The van der Waals surface area contributed by atoms with Crippen molar-refractivity contribution >= 4 is 50.9 Å². The molecule has 0 radical (unpaired) electrons. The Hall–Kier alpha value is -1.47. The van der Waals surface area contributed by atoms with E-state index >= 15 is 0 Å². The van der Waals surface area contributed by atoms with Gasteiger partial charge >= 0.3 is 18.0 Å². The summed E-state index contributed by atoms with van der Waals surface area (Å²) < 4.78 is 10.2. The normalized spacial score (nSPS) is 11.6. The van der Waals surface area contributed by atoms with Crippen LogP contribution in [0.25, 0.3) is 0 Å². The van der Waals surface area contributed by atoms with Gasteiger partial charge in [0.2, 0.25) is 0 Å². The molecule has 0 bridgehead atoms. The number of alkyl halides is 1. The third-order valence-electron chi connectivity index (χ3n) is 3.08. The number of aliphatic carboxylic acids is 2. The zero-order chi connectivity index (χ0) is 25.6. The van der Waals surface area contributed by atoms with Crippen LogP contribution in [0.1, 0.15) is 46.5 Å². The number of aliphatic hydroxyl groups is 1. The topological polar surface area (TPSA) is 168 Å². The molecule has 0 aliphatic carbocycles. The molecule has 0 heterocycles. The summed E-state index contributed by atoms with van der Waals surface area (Å²) >= 11 is 3.07. The van der Waals surface area contributed by atoms with E-state index < -0.39 is 35.7 Å². The van der Waals surface area contributed by atoms with Crippen LogP contribution in [-0.4, -0.2) is 76.2 Å². The lowest BCUT2D eigenvalue weighted by Crippen LogP contribution is -2.44. The highest BCUT2D eigenvalue weighted by molar-refractivity contribution is 9.09. The standard InChI is InChI=1S/C13H23NO5.C4H8BrNO2.C4H8O.BrH/c1-5-6-8-18-9-7-10(11(15)16)14-12(17)19-13(2,3)4;5-2-1-3(6)4(7)8;1-2-3-4-5;/h5,10H,1,6-9H2,2-4H3,(H,14,17)(H,15,16);3H,1-2,6H2,(H,7,8);2,5H,1,3-4H2;1H/t10-;3-;;/m00../s1. The maximum absolute atomic E-state index is 11.5. The van der Waals surface area contributed by atoms with Crippen molar-refractivity contribution in [1.29, 1.82) is 0 Å². The summed E-state index contributed by atoms with van der Waals surface area (Å²) in [5.41, 5.74) is 4.44. The monoisotopic (exact) mass is 606 g/mol. The zero-order valence-electron chi connectivity index (χ0n) is 19.6. The molecular formula is C21H40Br2N2O8. The van der Waals surface area contributed by atoms with Crippen molar-refractivity contribution in [1.82, 2.24) is 5.32 Å². The summed E-state index contributed by atoms with van der Waals surface area (Å²) in [7, 11) is 0. The molecule has 10 nitrogen and oxygen atoms in total. The molecule has 33 heavy (non-hydrogen) atoms. The van der Waals surface area contributed by atoms with Gasteiger partial charge in [-0.3, -0.25) is 4.79 Å². The predicted octanol–water partition coefficient (Wildman–Crippen LogP) is 3.26. The number of nitrogens with one attached hydrogen (secondary N) is 1. The fourth-order valence-corrected chi connectivity index (χ4v) is 2.00. The van der Waals surface area contributed by atoms with Gasteiger partial charge < -0.3 is 35.8 Å². The number of ether oxygens (including phenoxy) is 2. The van der Waals surface area contributed by atoms with Gasteiger partial charge in [0.1, 0.15) is 17.7 Å². The fraction of sp³-hybridized carbons (Fsp3) is 0.667. The summed E-state index contributed by atoms with van der Waals surface area (Å²) in [5.74, 6) is -2.05. The molecule has 0 spiro atoms. The lowest BCUT2D eigenvalue weighted by atomic mass is 10.2. The summed E-state index contributed by atoms with van der Waals surface area (Å²) in [5, 5.41) is 28.1. The first-order valence-corrected chi connectivity index (χ1v) is 11.1. The number of carboxylic acids is 2. The number of amides is 1. The van der Waals surface area contributed by atoms with Crippen LogP contribution < -0.4 is 11.1 Å². The molecule has 0 aromatic heterocycles. The molecule has 0 aliphatic rings. The van der Waals surface area contributed by atoms with Crippen LogP contribution in [0.3, 0.4) is 0 Å². The Morgan fingerprint density at radius 2 is 1.61 bits per heavy atom. The number of hydrogen-bond acceptors (Lipinski definition) is 7. The molecule has 0 saturated carbocycles. The summed E-state index contributed by atoms with van der Waals surface area (Å²) in [4.78, 5) is 32.4. The molecule has 0 rings (SSSR count). The summed E-state index contributed by atoms with van der Waals surface area (Å²) in [6, 6.07) is -1.73. The van der Waals surface area contributed by atoms with Crippen LogP contribution >= 0.6 is 32.9 Å². The second-order valence-electron chi connectivity index (χ2n) is 7.24. The summed E-state index contributed by atoms with van der Waals surface area (Å²) in [6.07, 6.45) is 4.73. The Kier molecular flexibility index (Phi) is 29.6. The molecule has 0 aliphatic heterocycles. The van der Waals surface area contributed by atoms with Crippen molar-refractivity contribution in [2.24, 2.45) is 5.73 Å². The second kappa shape index (κ2) is 25.2. The van der Waals surface area contributed by atoms with E-state index in [1.807, 2.05) is 0 Å².